The molecule has 16 heteroatoms. The lowest BCUT2D eigenvalue weighted by molar-refractivity contribution is -0.384. The molecule has 0 amide bonds. The lowest BCUT2D eigenvalue weighted by atomic mass is 10.1. The zero-order valence-corrected chi connectivity index (χ0v) is 23.1. The minimum absolute atomic E-state index is 0.0260. The lowest BCUT2D eigenvalue weighted by Gasteiger charge is -2.14. The monoisotopic (exact) mass is 616 g/mol. The van der Waals surface area contributed by atoms with Crippen LogP contribution < -0.4 is 16.0 Å². The minimum atomic E-state index is -3.19. The summed E-state index contributed by atoms with van der Waals surface area (Å²) in [6.07, 6.45) is 0. The van der Waals surface area contributed by atoms with E-state index in [-0.39, 0.29) is 28.3 Å². The number of alkyl halides is 2. The van der Waals surface area contributed by atoms with E-state index in [1.807, 2.05) is 0 Å². The van der Waals surface area contributed by atoms with E-state index in [2.05, 4.69) is 14.9 Å². The zero-order chi connectivity index (χ0) is 31.0. The largest absolute Gasteiger partial charge is 0.415 e. The molecule has 0 saturated heterocycles. The van der Waals surface area contributed by atoms with Crippen LogP contribution in [-0.2, 0) is 13.1 Å². The van der Waals surface area contributed by atoms with Crippen molar-refractivity contribution in [2.24, 2.45) is 0 Å². The molecule has 2 aromatic carbocycles. The Hall–Kier alpha value is -4.96. The summed E-state index contributed by atoms with van der Waals surface area (Å²) in [6.45, 7) is -3.64. The quantitative estimate of drug-likeness (QED) is 0.134. The first-order chi connectivity index (χ1) is 20.5. The third-order valence-electron chi connectivity index (χ3n) is 6.33. The molecule has 0 aliphatic carbocycles. The summed E-state index contributed by atoms with van der Waals surface area (Å²) in [5, 5.41) is 18.5. The maximum Gasteiger partial charge on any atom is 0.388 e. The van der Waals surface area contributed by atoms with Crippen LogP contribution in [0.25, 0.3) is 26.5 Å². The molecule has 0 aliphatic heterocycles. The van der Waals surface area contributed by atoms with E-state index in [9.17, 15) is 37.3 Å². The summed E-state index contributed by atoms with van der Waals surface area (Å²) in [7, 11) is 3.47. The van der Waals surface area contributed by atoms with E-state index in [0.29, 0.717) is 20.6 Å². The van der Waals surface area contributed by atoms with Gasteiger partial charge >= 0.3 is 12.3 Å². The Morgan fingerprint density at radius 2 is 1.67 bits per heavy atom. The van der Waals surface area contributed by atoms with Gasteiger partial charge in [-0.25, -0.2) is 18.1 Å². The number of rotatable bonds is 9. The van der Waals surface area contributed by atoms with Crippen LogP contribution in [0.4, 0.5) is 23.2 Å². The Balaban J connectivity index is 1.84. The second kappa shape index (κ2) is 11.7. The molecule has 0 saturated carbocycles. The van der Waals surface area contributed by atoms with Crippen molar-refractivity contribution in [2.45, 2.75) is 19.7 Å². The van der Waals surface area contributed by atoms with E-state index in [0.717, 1.165) is 40.2 Å². The highest BCUT2D eigenvalue weighted by molar-refractivity contribution is 7.22. The van der Waals surface area contributed by atoms with Gasteiger partial charge in [0.2, 0.25) is 5.88 Å². The van der Waals surface area contributed by atoms with E-state index in [4.69, 9.17) is 0 Å². The van der Waals surface area contributed by atoms with Crippen molar-refractivity contribution in [1.29, 1.82) is 0 Å². The summed E-state index contributed by atoms with van der Waals surface area (Å²) in [6, 6.07) is 10.8. The van der Waals surface area contributed by atoms with E-state index < -0.39 is 52.4 Å². The van der Waals surface area contributed by atoms with E-state index in [1.54, 1.807) is 19.0 Å². The molecule has 3 heterocycles. The lowest BCUT2D eigenvalue weighted by Crippen LogP contribution is -2.39. The van der Waals surface area contributed by atoms with Gasteiger partial charge in [0.1, 0.15) is 16.5 Å². The van der Waals surface area contributed by atoms with Crippen LogP contribution in [0.1, 0.15) is 11.1 Å². The van der Waals surface area contributed by atoms with Crippen molar-refractivity contribution in [2.75, 3.05) is 14.1 Å². The van der Waals surface area contributed by atoms with Gasteiger partial charge in [-0.2, -0.15) is 8.78 Å². The fourth-order valence-corrected chi connectivity index (χ4v) is 5.78. The highest BCUT2D eigenvalue weighted by Gasteiger charge is 2.26. The topological polar surface area (TPSA) is 125 Å². The summed E-state index contributed by atoms with van der Waals surface area (Å²) in [5.41, 5.74) is -1.54. The fourth-order valence-electron chi connectivity index (χ4n) is 4.47. The van der Waals surface area contributed by atoms with Gasteiger partial charge in [-0.3, -0.25) is 19.5 Å². The molecule has 0 unspecified atom stereocenters. The summed E-state index contributed by atoms with van der Waals surface area (Å²) in [4.78, 5) is 40.9. The zero-order valence-electron chi connectivity index (χ0n) is 22.3. The maximum atomic E-state index is 14.8. The van der Waals surface area contributed by atoms with Crippen LogP contribution in [0, 0.1) is 21.7 Å². The van der Waals surface area contributed by atoms with Crippen LogP contribution in [-0.4, -0.2) is 49.9 Å². The first-order valence-electron chi connectivity index (χ1n) is 12.4. The Bertz CT molecular complexity index is 1940. The molecule has 3 aromatic heterocycles. The molecular weight excluding hydrogens is 596 g/mol. The highest BCUT2D eigenvalue weighted by atomic mass is 32.1. The van der Waals surface area contributed by atoms with Crippen molar-refractivity contribution in [3.63, 3.8) is 0 Å². The van der Waals surface area contributed by atoms with Crippen molar-refractivity contribution in [3.8, 4) is 22.1 Å². The number of ether oxygens (including phenoxy) is 1. The van der Waals surface area contributed by atoms with Gasteiger partial charge in [0.05, 0.1) is 16.9 Å². The molecule has 0 fully saturated rings. The third-order valence-corrected chi connectivity index (χ3v) is 7.63. The normalized spacial score (nSPS) is 11.5. The molecule has 5 aromatic rings. The van der Waals surface area contributed by atoms with Crippen molar-refractivity contribution in [3.05, 3.63) is 108 Å². The maximum absolute atomic E-state index is 14.8. The second-order valence-electron chi connectivity index (χ2n) is 9.45. The average Bonchev–Trinajstić information content (AvgIpc) is 3.31. The number of nitro benzene ring substituents is 1. The molecule has 0 radical (unpaired) electrons. The molecule has 0 bridgehead atoms. The van der Waals surface area contributed by atoms with Gasteiger partial charge in [0.25, 0.3) is 11.2 Å². The van der Waals surface area contributed by atoms with Crippen LogP contribution in [0.3, 0.4) is 0 Å². The molecule has 0 spiro atoms. The van der Waals surface area contributed by atoms with E-state index >= 15 is 0 Å². The van der Waals surface area contributed by atoms with Crippen LogP contribution in [0.15, 0.2) is 64.2 Å². The van der Waals surface area contributed by atoms with E-state index in [1.165, 1.54) is 30.3 Å². The number of benzene rings is 2. The average molecular weight is 617 g/mol. The Kier molecular flexibility index (Phi) is 8.06. The van der Waals surface area contributed by atoms with Gasteiger partial charge in [-0.1, -0.05) is 6.07 Å². The van der Waals surface area contributed by atoms with Crippen molar-refractivity contribution in [1.82, 2.24) is 24.2 Å². The second-order valence-corrected chi connectivity index (χ2v) is 10.4. The third kappa shape index (κ3) is 5.74. The highest BCUT2D eigenvalue weighted by Crippen LogP contribution is 2.38. The summed E-state index contributed by atoms with van der Waals surface area (Å²) >= 11 is 1.00. The van der Waals surface area contributed by atoms with Crippen LogP contribution in [0.2, 0.25) is 0 Å². The Morgan fingerprint density at radius 3 is 2.23 bits per heavy atom. The predicted octanol–water partition coefficient (Wildman–Crippen LogP) is 4.57. The fraction of sp³-hybridized carbons (Fsp3) is 0.185. The van der Waals surface area contributed by atoms with Gasteiger partial charge in [0.15, 0.2) is 5.82 Å². The molecule has 43 heavy (non-hydrogen) atoms. The summed E-state index contributed by atoms with van der Waals surface area (Å²) in [5.74, 6) is -2.76. The number of nitro groups is 1. The molecule has 222 valence electrons. The van der Waals surface area contributed by atoms with Crippen molar-refractivity contribution >= 4 is 27.2 Å². The Morgan fingerprint density at radius 1 is 1.00 bits per heavy atom. The standard InChI is InChI=1S/C27H20F4N6O5S/c1-34(2)12-17-22-24(38)36(20-10-11-21(33-32-20)42-26(30)31)27(39)35(13-16-18(28)4-3-5-19(16)29)25(22)43-23(17)14-6-8-15(9-7-14)37(40)41/h3-11,26H,12-13H2,1-2H3. The number of hydrogen-bond acceptors (Lipinski definition) is 9. The van der Waals surface area contributed by atoms with Gasteiger partial charge in [-0.05, 0) is 55.6 Å². The van der Waals surface area contributed by atoms with Gasteiger partial charge in [-0.15, -0.1) is 21.5 Å². The number of fused-ring (bicyclic) bond motifs is 1. The molecular formula is C27H20F4N6O5S. The van der Waals surface area contributed by atoms with Crippen molar-refractivity contribution < 1.29 is 27.2 Å². The first-order valence-corrected chi connectivity index (χ1v) is 13.2. The van der Waals surface area contributed by atoms with Crippen LogP contribution in [0.5, 0.6) is 5.88 Å². The smallest absolute Gasteiger partial charge is 0.388 e. The predicted molar refractivity (Wildman–Crippen MR) is 149 cm³/mol. The first kappa shape index (κ1) is 29.5. The molecule has 0 aliphatic rings. The number of nitrogens with zero attached hydrogens (tertiary/aromatic N) is 6. The molecule has 5 rings (SSSR count). The SMILES string of the molecule is CN(C)Cc1c(-c2ccc([N+](=O)[O-])cc2)sc2c1c(=O)n(-c1ccc(OC(F)F)nn1)c(=O)n2Cc1c(F)cccc1F. The minimum Gasteiger partial charge on any atom is -0.415 e. The molecule has 0 N–H and O–H groups in total. The number of thiophene rings is 1. The van der Waals surface area contributed by atoms with Gasteiger partial charge in [0, 0.05) is 35.2 Å². The number of halogens is 4. The number of hydrogen-bond donors (Lipinski definition) is 0. The molecule has 0 atom stereocenters. The molecule has 11 nitrogen and oxygen atoms in total. The number of non-ortho nitro benzene ring substituents is 1. The Labute approximate surface area is 243 Å². The van der Waals surface area contributed by atoms with Crippen LogP contribution >= 0.6 is 11.3 Å². The number of aromatic nitrogens is 4. The van der Waals surface area contributed by atoms with Gasteiger partial charge < -0.3 is 9.64 Å². The summed E-state index contributed by atoms with van der Waals surface area (Å²) < 4.78 is 60.6.